The molecule has 7 heteroatoms. The van der Waals surface area contributed by atoms with Crippen LogP contribution < -0.4 is 10.6 Å². The van der Waals surface area contributed by atoms with Crippen molar-refractivity contribution >= 4 is 11.8 Å². The summed E-state index contributed by atoms with van der Waals surface area (Å²) in [7, 11) is 0. The Morgan fingerprint density at radius 2 is 1.67 bits per heavy atom. The van der Waals surface area contributed by atoms with E-state index in [-0.39, 0.29) is 0 Å². The van der Waals surface area contributed by atoms with Gasteiger partial charge in [0, 0.05) is 6.54 Å². The Hall–Kier alpha value is -1.27. The van der Waals surface area contributed by atoms with Gasteiger partial charge in [0.1, 0.15) is 6.04 Å². The van der Waals surface area contributed by atoms with E-state index in [9.17, 15) is 22.8 Å². The van der Waals surface area contributed by atoms with Gasteiger partial charge in [0.25, 0.3) is 0 Å². The molecule has 0 aliphatic carbocycles. The molecule has 0 saturated carbocycles. The predicted molar refractivity (Wildman–Crippen MR) is 60.7 cm³/mol. The van der Waals surface area contributed by atoms with Gasteiger partial charge in [-0.2, -0.15) is 13.2 Å². The lowest BCUT2D eigenvalue weighted by atomic mass is 9.86. The predicted octanol–water partition coefficient (Wildman–Crippen LogP) is 1.61. The zero-order valence-electron chi connectivity index (χ0n) is 10.9. The van der Waals surface area contributed by atoms with Gasteiger partial charge in [0.05, 0.1) is 0 Å². The highest BCUT2D eigenvalue weighted by Crippen LogP contribution is 2.22. The van der Waals surface area contributed by atoms with E-state index in [4.69, 9.17) is 0 Å². The average molecular weight is 268 g/mol. The zero-order chi connectivity index (χ0) is 14.6. The number of nitrogens with one attached hydrogen (secondary N) is 2. The third kappa shape index (κ3) is 5.37. The fourth-order valence-electron chi connectivity index (χ4n) is 1.24. The van der Waals surface area contributed by atoms with E-state index in [1.807, 2.05) is 6.92 Å². The van der Waals surface area contributed by atoms with Crippen molar-refractivity contribution in [3.05, 3.63) is 0 Å². The van der Waals surface area contributed by atoms with Crippen LogP contribution in [0.4, 0.5) is 13.2 Å². The maximum absolute atomic E-state index is 12.2. The lowest BCUT2D eigenvalue weighted by Gasteiger charge is -2.30. The molecule has 0 heterocycles. The molecule has 0 bridgehead atoms. The smallest absolute Gasteiger partial charge is 0.354 e. The molecule has 0 aromatic heterocycles. The number of hydrogen-bond donors (Lipinski definition) is 2. The Morgan fingerprint density at radius 3 is 2.00 bits per heavy atom. The van der Waals surface area contributed by atoms with Crippen LogP contribution in [0.3, 0.4) is 0 Å². The van der Waals surface area contributed by atoms with E-state index in [1.54, 1.807) is 26.1 Å². The molecule has 1 unspecified atom stereocenters. The van der Waals surface area contributed by atoms with E-state index in [2.05, 4.69) is 5.32 Å². The van der Waals surface area contributed by atoms with Gasteiger partial charge >= 0.3 is 12.1 Å². The molecule has 18 heavy (non-hydrogen) atoms. The van der Waals surface area contributed by atoms with Crippen molar-refractivity contribution in [3.63, 3.8) is 0 Å². The fraction of sp³-hybridized carbons (Fsp3) is 0.818. The minimum absolute atomic E-state index is 0.354. The standard InChI is InChI=1S/C11H19F3N2O2/c1-5-6-15-8(17)7(10(2,3)4)16-9(18)11(12,13)14/h7H,5-6H2,1-4H3,(H,15,17)(H,16,18). The van der Waals surface area contributed by atoms with Gasteiger partial charge in [-0.15, -0.1) is 0 Å². The van der Waals surface area contributed by atoms with Gasteiger partial charge in [-0.05, 0) is 11.8 Å². The second-order valence-corrected chi connectivity index (χ2v) is 5.06. The first-order chi connectivity index (χ1) is 8.00. The molecule has 2 amide bonds. The van der Waals surface area contributed by atoms with Crippen LogP contribution in [-0.4, -0.2) is 30.6 Å². The van der Waals surface area contributed by atoms with Crippen molar-refractivity contribution in [1.29, 1.82) is 0 Å². The summed E-state index contributed by atoms with van der Waals surface area (Å²) in [6.07, 6.45) is -4.33. The van der Waals surface area contributed by atoms with Gasteiger partial charge in [-0.1, -0.05) is 27.7 Å². The number of halogens is 3. The van der Waals surface area contributed by atoms with Gasteiger partial charge < -0.3 is 10.6 Å². The summed E-state index contributed by atoms with van der Waals surface area (Å²) >= 11 is 0. The fourth-order valence-corrected chi connectivity index (χ4v) is 1.24. The van der Waals surface area contributed by atoms with Crippen molar-refractivity contribution in [2.75, 3.05) is 6.54 Å². The molecule has 2 N–H and O–H groups in total. The Bertz CT molecular complexity index is 308. The Morgan fingerprint density at radius 1 is 1.17 bits per heavy atom. The Labute approximate surface area is 104 Å². The third-order valence-electron chi connectivity index (χ3n) is 2.21. The molecule has 1 atom stereocenters. The number of hydrogen-bond acceptors (Lipinski definition) is 2. The van der Waals surface area contributed by atoms with Crippen LogP contribution in [0.1, 0.15) is 34.1 Å². The maximum atomic E-state index is 12.2. The highest BCUT2D eigenvalue weighted by molar-refractivity contribution is 5.90. The number of carbonyl (C=O) groups is 2. The molecular formula is C11H19F3N2O2. The monoisotopic (exact) mass is 268 g/mol. The van der Waals surface area contributed by atoms with Gasteiger partial charge in [-0.3, -0.25) is 9.59 Å². The molecule has 106 valence electrons. The number of carbonyl (C=O) groups excluding carboxylic acids is 2. The largest absolute Gasteiger partial charge is 0.471 e. The van der Waals surface area contributed by atoms with Crippen molar-refractivity contribution < 1.29 is 22.8 Å². The molecule has 0 aromatic rings. The number of amides is 2. The highest BCUT2D eigenvalue weighted by Gasteiger charge is 2.43. The summed E-state index contributed by atoms with van der Waals surface area (Å²) in [5.74, 6) is -2.71. The van der Waals surface area contributed by atoms with Crippen LogP contribution >= 0.6 is 0 Å². The summed E-state index contributed by atoms with van der Waals surface area (Å²) in [6.45, 7) is 6.92. The molecule has 0 aliphatic rings. The second kappa shape index (κ2) is 6.06. The van der Waals surface area contributed by atoms with Crippen LogP contribution in [0.5, 0.6) is 0 Å². The van der Waals surface area contributed by atoms with Gasteiger partial charge in [0.2, 0.25) is 5.91 Å². The molecule has 0 radical (unpaired) electrons. The molecule has 0 saturated heterocycles. The Balaban J connectivity index is 4.82. The molecule has 0 aromatic carbocycles. The summed E-state index contributed by atoms with van der Waals surface area (Å²) in [5, 5.41) is 4.20. The lowest BCUT2D eigenvalue weighted by molar-refractivity contribution is -0.175. The first-order valence-corrected chi connectivity index (χ1v) is 5.65. The molecule has 0 fully saturated rings. The van der Waals surface area contributed by atoms with Gasteiger partial charge in [-0.25, -0.2) is 0 Å². The van der Waals surface area contributed by atoms with Crippen molar-refractivity contribution in [1.82, 2.24) is 10.6 Å². The molecule has 0 aliphatic heterocycles. The normalized spacial score (nSPS) is 13.9. The molecular weight excluding hydrogens is 249 g/mol. The molecule has 0 spiro atoms. The summed E-state index contributed by atoms with van der Waals surface area (Å²) in [6, 6.07) is -1.22. The lowest BCUT2D eigenvalue weighted by Crippen LogP contribution is -2.56. The Kier molecular flexibility index (Phi) is 5.63. The summed E-state index contributed by atoms with van der Waals surface area (Å²) < 4.78 is 36.5. The molecule has 0 rings (SSSR count). The van der Waals surface area contributed by atoms with Crippen LogP contribution in [0.15, 0.2) is 0 Å². The third-order valence-corrected chi connectivity index (χ3v) is 2.21. The quantitative estimate of drug-likeness (QED) is 0.813. The van der Waals surface area contributed by atoms with Crippen LogP contribution in [-0.2, 0) is 9.59 Å². The van der Waals surface area contributed by atoms with Crippen molar-refractivity contribution in [3.8, 4) is 0 Å². The topological polar surface area (TPSA) is 58.2 Å². The van der Waals surface area contributed by atoms with Crippen LogP contribution in [0.25, 0.3) is 0 Å². The van der Waals surface area contributed by atoms with Crippen molar-refractivity contribution in [2.24, 2.45) is 5.41 Å². The first kappa shape index (κ1) is 16.7. The SMILES string of the molecule is CCCNC(=O)C(NC(=O)C(F)(F)F)C(C)(C)C. The average Bonchev–Trinajstić information content (AvgIpc) is 2.18. The van der Waals surface area contributed by atoms with E-state index in [0.29, 0.717) is 13.0 Å². The minimum atomic E-state index is -4.99. The van der Waals surface area contributed by atoms with E-state index >= 15 is 0 Å². The van der Waals surface area contributed by atoms with E-state index in [0.717, 1.165) is 0 Å². The molecule has 4 nitrogen and oxygen atoms in total. The maximum Gasteiger partial charge on any atom is 0.471 e. The number of rotatable bonds is 4. The minimum Gasteiger partial charge on any atom is -0.354 e. The first-order valence-electron chi connectivity index (χ1n) is 5.65. The van der Waals surface area contributed by atoms with Crippen molar-refractivity contribution in [2.45, 2.75) is 46.3 Å². The second-order valence-electron chi connectivity index (χ2n) is 5.06. The van der Waals surface area contributed by atoms with E-state index < -0.39 is 29.4 Å². The van der Waals surface area contributed by atoms with E-state index in [1.165, 1.54) is 0 Å². The highest BCUT2D eigenvalue weighted by atomic mass is 19.4. The number of alkyl halides is 3. The zero-order valence-corrected chi connectivity index (χ0v) is 10.9. The summed E-state index contributed by atoms with van der Waals surface area (Å²) in [5.41, 5.74) is -0.807. The van der Waals surface area contributed by atoms with Crippen LogP contribution in [0, 0.1) is 5.41 Å². The summed E-state index contributed by atoms with van der Waals surface area (Å²) in [4.78, 5) is 22.6. The van der Waals surface area contributed by atoms with Gasteiger partial charge in [0.15, 0.2) is 0 Å². The van der Waals surface area contributed by atoms with Crippen LogP contribution in [0.2, 0.25) is 0 Å².